The van der Waals surface area contributed by atoms with Crippen LogP contribution < -0.4 is 15.0 Å². The van der Waals surface area contributed by atoms with Crippen molar-refractivity contribution in [3.8, 4) is 11.4 Å². The average Bonchev–Trinajstić information content (AvgIpc) is 3.40. The maximum atomic E-state index is 6.66. The smallest absolute Gasteiger partial charge is 0.174 e. The Kier molecular flexibility index (Phi) is 7.70. The van der Waals surface area contributed by atoms with Crippen molar-refractivity contribution in [3.63, 3.8) is 0 Å². The predicted octanol–water partition coefficient (Wildman–Crippen LogP) is 6.65. The topological polar surface area (TPSA) is 51.6 Å². The first kappa shape index (κ1) is 26.2. The highest BCUT2D eigenvalue weighted by Crippen LogP contribution is 2.45. The summed E-state index contributed by atoms with van der Waals surface area (Å²) in [6.45, 7) is 7.34. The van der Waals surface area contributed by atoms with Crippen molar-refractivity contribution in [3.05, 3.63) is 106 Å². The molecule has 1 N–H and O–H groups in total. The Morgan fingerprint density at radius 2 is 1.82 bits per heavy atom. The Bertz CT molecular complexity index is 1460. The van der Waals surface area contributed by atoms with Gasteiger partial charge in [-0.1, -0.05) is 29.8 Å². The molecule has 2 aromatic heterocycles. The van der Waals surface area contributed by atoms with Crippen LogP contribution in [0.5, 0.6) is 5.75 Å². The number of rotatable bonds is 8. The standard InChI is InChI=1S/C30H31ClN4O2S/c1-19-8-7-9-22(16-19)34-20(2)17-24(21(34)3)29-28(26-10-5-6-13-32-26)33-30(38)35(29)23-11-12-27(25(31)18-23)37-15-14-36-4/h5-13,16-18,28-29H,14-15H2,1-4H3,(H,33,38). The zero-order valence-corrected chi connectivity index (χ0v) is 23.5. The molecule has 4 aromatic rings. The Hall–Kier alpha value is -3.39. The second-order valence-corrected chi connectivity index (χ2v) is 10.2. The minimum Gasteiger partial charge on any atom is -0.490 e. The fourth-order valence-electron chi connectivity index (χ4n) is 5.19. The molecule has 8 heteroatoms. The number of methoxy groups -OCH3 is 1. The third kappa shape index (κ3) is 5.01. The van der Waals surface area contributed by atoms with E-state index >= 15 is 0 Å². The van der Waals surface area contributed by atoms with E-state index in [1.807, 2.05) is 42.6 Å². The van der Waals surface area contributed by atoms with Crippen molar-refractivity contribution < 1.29 is 9.47 Å². The van der Waals surface area contributed by atoms with Crippen molar-refractivity contribution in [2.45, 2.75) is 32.9 Å². The van der Waals surface area contributed by atoms with Gasteiger partial charge in [-0.15, -0.1) is 0 Å². The third-order valence-corrected chi connectivity index (χ3v) is 7.50. The monoisotopic (exact) mass is 546 g/mol. The molecule has 0 bridgehead atoms. The molecule has 3 heterocycles. The van der Waals surface area contributed by atoms with Crippen LogP contribution in [0.15, 0.2) is 72.9 Å². The summed E-state index contributed by atoms with van der Waals surface area (Å²) in [5.41, 5.74) is 7.64. The lowest BCUT2D eigenvalue weighted by Crippen LogP contribution is -2.29. The van der Waals surface area contributed by atoms with Gasteiger partial charge in [-0.2, -0.15) is 0 Å². The van der Waals surface area contributed by atoms with Gasteiger partial charge in [0, 0.05) is 36.1 Å². The van der Waals surface area contributed by atoms with Crippen molar-refractivity contribution in [2.75, 3.05) is 25.2 Å². The molecule has 5 rings (SSSR count). The van der Waals surface area contributed by atoms with E-state index in [2.05, 4.69) is 70.9 Å². The number of aromatic nitrogens is 2. The molecule has 1 aliphatic rings. The van der Waals surface area contributed by atoms with Gasteiger partial charge >= 0.3 is 0 Å². The summed E-state index contributed by atoms with van der Waals surface area (Å²) in [7, 11) is 1.64. The van der Waals surface area contributed by atoms with Crippen LogP contribution in [0.3, 0.4) is 0 Å². The maximum Gasteiger partial charge on any atom is 0.174 e. The van der Waals surface area contributed by atoms with Gasteiger partial charge in [-0.05, 0) is 92.6 Å². The zero-order valence-electron chi connectivity index (χ0n) is 21.9. The highest BCUT2D eigenvalue weighted by molar-refractivity contribution is 7.80. The fourth-order valence-corrected chi connectivity index (χ4v) is 5.77. The van der Waals surface area contributed by atoms with Gasteiger partial charge in [-0.25, -0.2) is 0 Å². The summed E-state index contributed by atoms with van der Waals surface area (Å²) in [6.07, 6.45) is 1.82. The molecule has 2 atom stereocenters. The maximum absolute atomic E-state index is 6.66. The minimum absolute atomic E-state index is 0.140. The summed E-state index contributed by atoms with van der Waals surface area (Å²) in [5.74, 6) is 0.612. The summed E-state index contributed by atoms with van der Waals surface area (Å²) in [5, 5.41) is 4.68. The Morgan fingerprint density at radius 1 is 0.974 bits per heavy atom. The number of ether oxygens (including phenoxy) is 2. The van der Waals surface area contributed by atoms with Crippen molar-refractivity contribution >= 4 is 34.6 Å². The molecule has 0 amide bonds. The van der Waals surface area contributed by atoms with E-state index in [0.29, 0.717) is 29.1 Å². The molecule has 1 saturated heterocycles. The molecule has 0 saturated carbocycles. The van der Waals surface area contributed by atoms with Crippen LogP contribution in [0, 0.1) is 20.8 Å². The number of thiocarbonyl (C=S) groups is 1. The van der Waals surface area contributed by atoms with Gasteiger partial charge in [0.15, 0.2) is 5.11 Å². The van der Waals surface area contributed by atoms with Gasteiger partial charge in [0.1, 0.15) is 12.4 Å². The number of hydrogen-bond acceptors (Lipinski definition) is 4. The molecule has 196 valence electrons. The van der Waals surface area contributed by atoms with Gasteiger partial charge in [0.05, 0.1) is 29.4 Å². The first-order chi connectivity index (χ1) is 18.4. The van der Waals surface area contributed by atoms with Crippen LogP contribution in [0.4, 0.5) is 5.69 Å². The van der Waals surface area contributed by atoms with Crippen molar-refractivity contribution in [1.82, 2.24) is 14.9 Å². The third-order valence-electron chi connectivity index (χ3n) is 6.89. The van der Waals surface area contributed by atoms with Crippen LogP contribution in [0.2, 0.25) is 5.02 Å². The fraction of sp³-hybridized carbons (Fsp3) is 0.267. The number of hydrogen-bond donors (Lipinski definition) is 1. The highest BCUT2D eigenvalue weighted by Gasteiger charge is 2.42. The van der Waals surface area contributed by atoms with Crippen LogP contribution in [-0.2, 0) is 4.74 Å². The predicted molar refractivity (Wildman–Crippen MR) is 157 cm³/mol. The van der Waals surface area contributed by atoms with Crippen LogP contribution in [0.1, 0.15) is 40.3 Å². The van der Waals surface area contributed by atoms with Gasteiger partial charge < -0.3 is 24.3 Å². The average molecular weight is 547 g/mol. The number of nitrogens with one attached hydrogen (secondary N) is 1. The quantitative estimate of drug-likeness (QED) is 0.197. The molecule has 0 spiro atoms. The molecule has 38 heavy (non-hydrogen) atoms. The van der Waals surface area contributed by atoms with E-state index in [0.717, 1.165) is 28.5 Å². The Balaban J connectivity index is 1.61. The van der Waals surface area contributed by atoms with Gasteiger partial charge in [0.2, 0.25) is 0 Å². The molecule has 2 unspecified atom stereocenters. The van der Waals surface area contributed by atoms with Crippen molar-refractivity contribution in [2.24, 2.45) is 0 Å². The number of pyridine rings is 1. The number of anilines is 1. The lowest BCUT2D eigenvalue weighted by molar-refractivity contribution is 0.146. The van der Waals surface area contributed by atoms with E-state index in [1.54, 1.807) is 7.11 Å². The second-order valence-electron chi connectivity index (χ2n) is 9.45. The number of benzene rings is 2. The molecule has 0 radical (unpaired) electrons. The van der Waals surface area contributed by atoms with E-state index in [1.165, 1.54) is 11.1 Å². The zero-order chi connectivity index (χ0) is 26.8. The first-order valence-electron chi connectivity index (χ1n) is 12.6. The summed E-state index contributed by atoms with van der Waals surface area (Å²) >= 11 is 12.6. The SMILES string of the molecule is COCCOc1ccc(N2C(=S)NC(c3ccccn3)C2c2cc(C)n(-c3cccc(C)c3)c2C)cc1Cl. The second kappa shape index (κ2) is 11.2. The molecule has 0 aliphatic carbocycles. The molecule has 1 aliphatic heterocycles. The van der Waals surface area contributed by atoms with E-state index < -0.39 is 0 Å². The lowest BCUT2D eigenvalue weighted by Gasteiger charge is -2.28. The highest BCUT2D eigenvalue weighted by atomic mass is 35.5. The summed E-state index contributed by atoms with van der Waals surface area (Å²) in [6, 6.07) is 22.3. The van der Waals surface area contributed by atoms with Crippen LogP contribution in [0.25, 0.3) is 5.69 Å². The number of nitrogens with zero attached hydrogens (tertiary/aromatic N) is 3. The molecule has 1 fully saturated rings. The first-order valence-corrected chi connectivity index (χ1v) is 13.4. The summed E-state index contributed by atoms with van der Waals surface area (Å²) < 4.78 is 13.2. The minimum atomic E-state index is -0.147. The molecule has 6 nitrogen and oxygen atoms in total. The van der Waals surface area contributed by atoms with E-state index in [4.69, 9.17) is 33.3 Å². The van der Waals surface area contributed by atoms with Crippen LogP contribution in [-0.4, -0.2) is 35.0 Å². The summed E-state index contributed by atoms with van der Waals surface area (Å²) in [4.78, 5) is 6.83. The van der Waals surface area contributed by atoms with Gasteiger partial charge in [0.25, 0.3) is 0 Å². The molecule has 2 aromatic carbocycles. The number of aryl methyl sites for hydroxylation is 2. The molecular formula is C30H31ClN4O2S. The molecular weight excluding hydrogens is 516 g/mol. The van der Waals surface area contributed by atoms with E-state index in [-0.39, 0.29) is 12.1 Å². The lowest BCUT2D eigenvalue weighted by atomic mass is 9.96. The van der Waals surface area contributed by atoms with Crippen LogP contribution >= 0.6 is 23.8 Å². The van der Waals surface area contributed by atoms with E-state index in [9.17, 15) is 0 Å². The van der Waals surface area contributed by atoms with Gasteiger partial charge in [-0.3, -0.25) is 4.98 Å². The normalized spacial score (nSPS) is 17.1. The van der Waals surface area contributed by atoms with Crippen molar-refractivity contribution in [1.29, 1.82) is 0 Å². The Labute approximate surface area is 234 Å². The number of halogens is 1. The largest absolute Gasteiger partial charge is 0.490 e. The Morgan fingerprint density at radius 3 is 2.53 bits per heavy atom.